The zero-order chi connectivity index (χ0) is 21.9. The van der Waals surface area contributed by atoms with Crippen LogP contribution in [0, 0.1) is 28.6 Å². The normalized spacial score (nSPS) is 37.0. The highest BCUT2D eigenvalue weighted by atomic mass is 16.5. The molecule has 5 atom stereocenters. The minimum absolute atomic E-state index is 0.139. The lowest BCUT2D eigenvalue weighted by molar-refractivity contribution is -0.135. The molecular formula is C28H44O2. The maximum atomic E-state index is 12.3. The molecule has 0 saturated heterocycles. The van der Waals surface area contributed by atoms with Gasteiger partial charge >= 0.3 is 5.97 Å². The molecule has 3 aliphatic rings. The van der Waals surface area contributed by atoms with E-state index in [1.54, 1.807) is 0 Å². The highest BCUT2D eigenvalue weighted by Gasteiger charge is 2.56. The Hall–Kier alpha value is -1.31. The predicted molar refractivity (Wildman–Crippen MR) is 126 cm³/mol. The maximum Gasteiger partial charge on any atom is 0.338 e. The van der Waals surface area contributed by atoms with Gasteiger partial charge in [-0.25, -0.2) is 4.79 Å². The van der Waals surface area contributed by atoms with E-state index in [0.717, 1.165) is 36.7 Å². The van der Waals surface area contributed by atoms with Crippen molar-refractivity contribution in [2.75, 3.05) is 6.61 Å². The zero-order valence-electron chi connectivity index (χ0n) is 20.2. The number of fused-ring (bicyclic) bond motifs is 1. The van der Waals surface area contributed by atoms with E-state index in [-0.39, 0.29) is 11.4 Å². The molecule has 2 nitrogen and oxygen atoms in total. The molecule has 3 rings (SSSR count). The molecule has 0 bridgehead atoms. The molecule has 0 aromatic rings. The van der Waals surface area contributed by atoms with Crippen LogP contribution >= 0.6 is 0 Å². The summed E-state index contributed by atoms with van der Waals surface area (Å²) in [6.45, 7) is 17.0. The first-order chi connectivity index (χ1) is 14.3. The van der Waals surface area contributed by atoms with Crippen LogP contribution in [0.5, 0.6) is 0 Å². The van der Waals surface area contributed by atoms with Crippen molar-refractivity contribution in [3.63, 3.8) is 0 Å². The summed E-state index contributed by atoms with van der Waals surface area (Å²) in [5.74, 6) is 1.79. The van der Waals surface area contributed by atoms with Crippen LogP contribution in [0.1, 0.15) is 98.8 Å². The second-order valence-electron chi connectivity index (χ2n) is 10.7. The lowest BCUT2D eigenvalue weighted by Gasteiger charge is -2.61. The van der Waals surface area contributed by atoms with E-state index < -0.39 is 0 Å². The van der Waals surface area contributed by atoms with Crippen LogP contribution in [0.2, 0.25) is 0 Å². The molecule has 2 heteroatoms. The lowest BCUT2D eigenvalue weighted by atomic mass is 9.43. The largest absolute Gasteiger partial charge is 0.458 e. The van der Waals surface area contributed by atoms with Crippen LogP contribution in [0.25, 0.3) is 0 Å². The average Bonchev–Trinajstić information content (AvgIpc) is 3.06. The highest BCUT2D eigenvalue weighted by Crippen LogP contribution is 2.64. The second kappa shape index (κ2) is 9.45. The van der Waals surface area contributed by atoms with Gasteiger partial charge in [-0.3, -0.25) is 0 Å². The van der Waals surface area contributed by atoms with E-state index >= 15 is 0 Å². The van der Waals surface area contributed by atoms with Crippen molar-refractivity contribution in [3.8, 4) is 0 Å². The van der Waals surface area contributed by atoms with E-state index in [4.69, 9.17) is 4.74 Å². The first-order valence-electron chi connectivity index (χ1n) is 12.6. The smallest absolute Gasteiger partial charge is 0.338 e. The maximum absolute atomic E-state index is 12.3. The van der Waals surface area contributed by atoms with Gasteiger partial charge in [0.2, 0.25) is 0 Å². The van der Waals surface area contributed by atoms with Crippen molar-refractivity contribution in [1.82, 2.24) is 0 Å². The van der Waals surface area contributed by atoms with Crippen molar-refractivity contribution in [3.05, 3.63) is 35.5 Å². The van der Waals surface area contributed by atoms with Gasteiger partial charge in [0.15, 0.2) is 0 Å². The van der Waals surface area contributed by atoms with Crippen LogP contribution in [-0.2, 0) is 9.53 Å². The van der Waals surface area contributed by atoms with Gasteiger partial charge in [-0.1, -0.05) is 84.6 Å². The Balaban J connectivity index is 1.93. The number of carbonyl (C=O) groups excluding carboxylic acids is 1. The first kappa shape index (κ1) is 23.4. The van der Waals surface area contributed by atoms with Gasteiger partial charge < -0.3 is 4.74 Å². The van der Waals surface area contributed by atoms with E-state index in [2.05, 4.69) is 53.3 Å². The molecule has 2 fully saturated rings. The van der Waals surface area contributed by atoms with E-state index in [0.29, 0.717) is 17.9 Å². The van der Waals surface area contributed by atoms with Crippen LogP contribution in [0.3, 0.4) is 0 Å². The van der Waals surface area contributed by atoms with Crippen LogP contribution in [0.15, 0.2) is 35.5 Å². The third-order valence-electron chi connectivity index (χ3n) is 9.01. The van der Waals surface area contributed by atoms with E-state index in [9.17, 15) is 4.79 Å². The van der Waals surface area contributed by atoms with Gasteiger partial charge in [0.25, 0.3) is 0 Å². The fourth-order valence-electron chi connectivity index (χ4n) is 7.31. The van der Waals surface area contributed by atoms with Crippen molar-refractivity contribution in [2.45, 2.75) is 98.8 Å². The summed E-state index contributed by atoms with van der Waals surface area (Å²) < 4.78 is 5.35. The number of rotatable bonds is 8. The van der Waals surface area contributed by atoms with Crippen molar-refractivity contribution < 1.29 is 9.53 Å². The number of esters is 1. The molecule has 2 saturated carbocycles. The molecule has 0 amide bonds. The Labute approximate surface area is 185 Å². The number of allylic oxidation sites excluding steroid dienone is 2. The van der Waals surface area contributed by atoms with Gasteiger partial charge in [0, 0.05) is 5.92 Å². The fourth-order valence-corrected chi connectivity index (χ4v) is 7.31. The molecule has 5 unspecified atom stereocenters. The topological polar surface area (TPSA) is 26.3 Å². The molecule has 1 heterocycles. The first-order valence-corrected chi connectivity index (χ1v) is 12.6. The van der Waals surface area contributed by atoms with Crippen LogP contribution in [-0.4, -0.2) is 12.6 Å². The summed E-state index contributed by atoms with van der Waals surface area (Å²) in [6, 6.07) is 0. The number of hydrogen-bond acceptors (Lipinski definition) is 2. The summed E-state index contributed by atoms with van der Waals surface area (Å²) in [7, 11) is 0. The fraction of sp³-hybridized carbons (Fsp3) is 0.750. The SMILES string of the molecule is C=C1CCC2C(C)(CCCC)C(CC)CCC2(C)C1/C=C/C1=C(CCC)COC1=O. The molecular weight excluding hydrogens is 368 g/mol. The Bertz CT molecular complexity index is 714. The summed E-state index contributed by atoms with van der Waals surface area (Å²) >= 11 is 0. The van der Waals surface area contributed by atoms with Gasteiger partial charge in [-0.2, -0.15) is 0 Å². The van der Waals surface area contributed by atoms with E-state index in [1.807, 2.05) is 0 Å². The molecule has 30 heavy (non-hydrogen) atoms. The summed E-state index contributed by atoms with van der Waals surface area (Å²) in [5.41, 5.74) is 4.01. The predicted octanol–water partition coefficient (Wildman–Crippen LogP) is 7.80. The monoisotopic (exact) mass is 412 g/mol. The molecule has 0 spiro atoms. The second-order valence-corrected chi connectivity index (χ2v) is 10.7. The van der Waals surface area contributed by atoms with E-state index in [1.165, 1.54) is 56.1 Å². The molecule has 0 aromatic heterocycles. The Morgan fingerprint density at radius 1 is 1.17 bits per heavy atom. The summed E-state index contributed by atoms with van der Waals surface area (Å²) in [4.78, 5) is 12.3. The number of cyclic esters (lactones) is 1. The highest BCUT2D eigenvalue weighted by molar-refractivity contribution is 5.94. The van der Waals surface area contributed by atoms with Gasteiger partial charge in [-0.05, 0) is 66.8 Å². The number of unbranched alkanes of at least 4 members (excludes halogenated alkanes) is 1. The summed E-state index contributed by atoms with van der Waals surface area (Å²) in [5, 5.41) is 0. The molecule has 0 N–H and O–H groups in total. The quantitative estimate of drug-likeness (QED) is 0.300. The minimum atomic E-state index is -0.139. The third-order valence-corrected chi connectivity index (χ3v) is 9.01. The number of ether oxygens (including phenoxy) is 1. The molecule has 0 aromatic carbocycles. The van der Waals surface area contributed by atoms with Gasteiger partial charge in [0.1, 0.15) is 6.61 Å². The van der Waals surface area contributed by atoms with Crippen molar-refractivity contribution in [2.24, 2.45) is 28.6 Å². The lowest BCUT2D eigenvalue weighted by Crippen LogP contribution is -2.53. The Morgan fingerprint density at radius 2 is 1.93 bits per heavy atom. The van der Waals surface area contributed by atoms with Crippen molar-refractivity contribution >= 4 is 5.97 Å². The minimum Gasteiger partial charge on any atom is -0.458 e. The molecule has 1 aliphatic heterocycles. The zero-order valence-corrected chi connectivity index (χ0v) is 20.2. The molecule has 2 aliphatic carbocycles. The standard InChI is InChI=1S/C28H44O2/c1-7-10-17-27(5)22(9-3)16-18-28(6)24(20(4)12-15-25(27)28)14-13-23-21(11-8-2)19-30-26(23)29/h13-14,22,24-25H,4,7-12,15-19H2,1-3,5-6H3/b14-13+. The Morgan fingerprint density at radius 3 is 2.60 bits per heavy atom. The van der Waals surface area contributed by atoms with Crippen LogP contribution < -0.4 is 0 Å². The number of hydrogen-bond donors (Lipinski definition) is 0. The van der Waals surface area contributed by atoms with Crippen LogP contribution in [0.4, 0.5) is 0 Å². The molecule has 168 valence electrons. The Kier molecular flexibility index (Phi) is 7.36. The third kappa shape index (κ3) is 4.08. The average molecular weight is 413 g/mol. The molecule has 0 radical (unpaired) electrons. The van der Waals surface area contributed by atoms with Gasteiger partial charge in [0.05, 0.1) is 5.57 Å². The summed E-state index contributed by atoms with van der Waals surface area (Å²) in [6.07, 6.45) is 16.7. The number of carbonyl (C=O) groups is 1. The van der Waals surface area contributed by atoms with Crippen molar-refractivity contribution in [1.29, 1.82) is 0 Å². The van der Waals surface area contributed by atoms with Gasteiger partial charge in [-0.15, -0.1) is 0 Å².